The van der Waals surface area contributed by atoms with E-state index in [-0.39, 0.29) is 5.41 Å². The largest absolute Gasteiger partial charge is 0.0616 e. The van der Waals surface area contributed by atoms with E-state index in [9.17, 15) is 0 Å². The third-order valence-corrected chi connectivity index (χ3v) is 7.15. The maximum absolute atomic E-state index is 3.69. The van der Waals surface area contributed by atoms with Crippen molar-refractivity contribution in [1.29, 1.82) is 0 Å². The van der Waals surface area contributed by atoms with Gasteiger partial charge < -0.3 is 0 Å². The minimum Gasteiger partial charge on any atom is -0.0616 e. The van der Waals surface area contributed by atoms with Gasteiger partial charge in [0.1, 0.15) is 0 Å². The first-order valence-corrected chi connectivity index (χ1v) is 11.2. The van der Waals surface area contributed by atoms with Gasteiger partial charge in [0.25, 0.3) is 0 Å². The van der Waals surface area contributed by atoms with Gasteiger partial charge in [-0.2, -0.15) is 0 Å². The molecule has 0 saturated carbocycles. The summed E-state index contributed by atoms with van der Waals surface area (Å²) >= 11 is 3.69. The monoisotopic (exact) mass is 448 g/mol. The van der Waals surface area contributed by atoms with Crippen LogP contribution >= 0.6 is 15.9 Å². The highest BCUT2D eigenvalue weighted by Gasteiger charge is 2.39. The first-order chi connectivity index (χ1) is 14.6. The summed E-state index contributed by atoms with van der Waals surface area (Å²) in [5.74, 6) is 0. The second kappa shape index (κ2) is 6.30. The molecular weight excluding hydrogens is 428 g/mol. The quantitative estimate of drug-likeness (QED) is 0.240. The SMILES string of the molecule is CC1(C)c2ccc3ccccc3c2-c2cc3ccccc3c(-c3cccc(Br)c3)c21. The van der Waals surface area contributed by atoms with Gasteiger partial charge in [-0.15, -0.1) is 0 Å². The maximum atomic E-state index is 3.69. The van der Waals surface area contributed by atoms with E-state index in [0.717, 1.165) is 4.47 Å². The van der Waals surface area contributed by atoms with Crippen molar-refractivity contribution in [3.63, 3.8) is 0 Å². The van der Waals surface area contributed by atoms with Crippen LogP contribution in [0.1, 0.15) is 25.0 Å². The van der Waals surface area contributed by atoms with Crippen LogP contribution in [0, 0.1) is 0 Å². The fourth-order valence-corrected chi connectivity index (χ4v) is 5.75. The van der Waals surface area contributed by atoms with Crippen molar-refractivity contribution < 1.29 is 0 Å². The fraction of sp³-hybridized carbons (Fsp3) is 0.103. The molecule has 1 aliphatic carbocycles. The number of benzene rings is 5. The van der Waals surface area contributed by atoms with Gasteiger partial charge >= 0.3 is 0 Å². The van der Waals surface area contributed by atoms with E-state index in [0.29, 0.717) is 0 Å². The van der Waals surface area contributed by atoms with Gasteiger partial charge in [0, 0.05) is 9.89 Å². The molecule has 6 rings (SSSR count). The molecule has 0 amide bonds. The molecule has 30 heavy (non-hydrogen) atoms. The first kappa shape index (κ1) is 17.9. The highest BCUT2D eigenvalue weighted by atomic mass is 79.9. The van der Waals surface area contributed by atoms with Crippen LogP contribution in [0.3, 0.4) is 0 Å². The van der Waals surface area contributed by atoms with Crippen molar-refractivity contribution in [2.24, 2.45) is 0 Å². The zero-order valence-corrected chi connectivity index (χ0v) is 18.6. The van der Waals surface area contributed by atoms with Crippen LogP contribution in [0.4, 0.5) is 0 Å². The molecule has 0 aromatic heterocycles. The first-order valence-electron chi connectivity index (χ1n) is 10.4. The molecule has 0 N–H and O–H groups in total. The third-order valence-electron chi connectivity index (χ3n) is 6.66. The Morgan fingerprint density at radius 3 is 2.10 bits per heavy atom. The molecule has 0 aliphatic heterocycles. The van der Waals surface area contributed by atoms with E-state index in [2.05, 4.69) is 121 Å². The molecule has 0 radical (unpaired) electrons. The molecule has 0 atom stereocenters. The molecule has 5 aromatic rings. The lowest BCUT2D eigenvalue weighted by atomic mass is 9.77. The second-order valence-corrected chi connectivity index (χ2v) is 9.66. The molecule has 0 nitrogen and oxygen atoms in total. The zero-order chi connectivity index (χ0) is 20.5. The van der Waals surface area contributed by atoms with Crippen LogP contribution < -0.4 is 0 Å². The zero-order valence-electron chi connectivity index (χ0n) is 17.0. The van der Waals surface area contributed by atoms with Gasteiger partial charge in [-0.3, -0.25) is 0 Å². The number of hydrogen-bond donors (Lipinski definition) is 0. The van der Waals surface area contributed by atoms with Crippen LogP contribution in [0.25, 0.3) is 43.8 Å². The highest BCUT2D eigenvalue weighted by Crippen LogP contribution is 2.56. The van der Waals surface area contributed by atoms with Gasteiger partial charge in [0.15, 0.2) is 0 Å². The average Bonchev–Trinajstić information content (AvgIpc) is 2.99. The minimum absolute atomic E-state index is 0.0730. The molecule has 1 heteroatoms. The molecule has 0 saturated heterocycles. The lowest BCUT2D eigenvalue weighted by molar-refractivity contribution is 0.663. The summed E-state index contributed by atoms with van der Waals surface area (Å²) in [4.78, 5) is 0. The summed E-state index contributed by atoms with van der Waals surface area (Å²) in [7, 11) is 0. The fourth-order valence-electron chi connectivity index (χ4n) is 5.35. The Kier molecular flexibility index (Phi) is 3.76. The predicted molar refractivity (Wildman–Crippen MR) is 132 cm³/mol. The summed E-state index contributed by atoms with van der Waals surface area (Å²) in [6, 6.07) is 33.3. The van der Waals surface area contributed by atoms with Gasteiger partial charge in [0.2, 0.25) is 0 Å². The Labute approximate surface area is 185 Å². The molecule has 0 heterocycles. The normalized spacial score (nSPS) is 14.1. The summed E-state index contributed by atoms with van der Waals surface area (Å²) in [5.41, 5.74) is 8.18. The van der Waals surface area contributed by atoms with Crippen molar-refractivity contribution in [2.45, 2.75) is 19.3 Å². The summed E-state index contributed by atoms with van der Waals surface area (Å²) in [6.07, 6.45) is 0. The Hall–Kier alpha value is -2.90. The number of halogens is 1. The lowest BCUT2D eigenvalue weighted by Gasteiger charge is -2.26. The topological polar surface area (TPSA) is 0 Å². The molecule has 144 valence electrons. The van der Waals surface area contributed by atoms with Gasteiger partial charge in [0.05, 0.1) is 0 Å². The molecule has 5 aromatic carbocycles. The molecule has 1 aliphatic rings. The van der Waals surface area contributed by atoms with Crippen molar-refractivity contribution in [2.75, 3.05) is 0 Å². The molecule has 0 bridgehead atoms. The maximum Gasteiger partial charge on any atom is 0.0181 e. The van der Waals surface area contributed by atoms with Crippen molar-refractivity contribution in [1.82, 2.24) is 0 Å². The van der Waals surface area contributed by atoms with E-state index in [1.54, 1.807) is 0 Å². The van der Waals surface area contributed by atoms with E-state index in [1.165, 1.54) is 54.9 Å². The molecule has 0 spiro atoms. The van der Waals surface area contributed by atoms with Gasteiger partial charge in [-0.05, 0) is 73.1 Å². The van der Waals surface area contributed by atoms with E-state index >= 15 is 0 Å². The Morgan fingerprint density at radius 2 is 1.33 bits per heavy atom. The van der Waals surface area contributed by atoms with Crippen LogP contribution in [-0.2, 0) is 5.41 Å². The molecule has 0 unspecified atom stereocenters. The number of hydrogen-bond acceptors (Lipinski definition) is 0. The van der Waals surface area contributed by atoms with Crippen molar-refractivity contribution in [3.05, 3.63) is 107 Å². The Bertz CT molecular complexity index is 1470. The van der Waals surface area contributed by atoms with E-state index < -0.39 is 0 Å². The summed E-state index contributed by atoms with van der Waals surface area (Å²) < 4.78 is 1.11. The number of rotatable bonds is 1. The summed E-state index contributed by atoms with van der Waals surface area (Å²) in [5, 5.41) is 5.26. The van der Waals surface area contributed by atoms with Gasteiger partial charge in [-0.25, -0.2) is 0 Å². The van der Waals surface area contributed by atoms with Crippen LogP contribution in [0.15, 0.2) is 95.5 Å². The summed E-state index contributed by atoms with van der Waals surface area (Å²) in [6.45, 7) is 4.76. The van der Waals surface area contributed by atoms with Crippen LogP contribution in [-0.4, -0.2) is 0 Å². The predicted octanol–water partition coefficient (Wildman–Crippen LogP) is 8.73. The lowest BCUT2D eigenvalue weighted by Crippen LogP contribution is -2.16. The smallest absolute Gasteiger partial charge is 0.0181 e. The molecular formula is C29H21Br. The molecule has 0 fully saturated rings. The van der Waals surface area contributed by atoms with Crippen LogP contribution in [0.2, 0.25) is 0 Å². The van der Waals surface area contributed by atoms with Gasteiger partial charge in [-0.1, -0.05) is 103 Å². The van der Waals surface area contributed by atoms with E-state index in [1.807, 2.05) is 0 Å². The van der Waals surface area contributed by atoms with E-state index in [4.69, 9.17) is 0 Å². The number of fused-ring (bicyclic) bond motifs is 6. The highest BCUT2D eigenvalue weighted by molar-refractivity contribution is 9.10. The Morgan fingerprint density at radius 1 is 0.633 bits per heavy atom. The van der Waals surface area contributed by atoms with Crippen LogP contribution in [0.5, 0.6) is 0 Å². The third kappa shape index (κ3) is 2.39. The van der Waals surface area contributed by atoms with Crippen molar-refractivity contribution >= 4 is 37.5 Å². The minimum atomic E-state index is -0.0730. The average molecular weight is 449 g/mol. The second-order valence-electron chi connectivity index (χ2n) is 8.74. The Balaban J connectivity index is 1.84. The van der Waals surface area contributed by atoms with Crippen molar-refractivity contribution in [3.8, 4) is 22.3 Å². The standard InChI is InChI=1S/C29H21Br/c1-29(2)25-15-14-18-8-3-5-12-22(18)27(25)24-17-19-9-4-6-13-23(19)26(28(24)29)20-10-7-11-21(30)16-20/h3-17H,1-2H3.